The highest BCUT2D eigenvalue weighted by molar-refractivity contribution is 6.31. The van der Waals surface area contributed by atoms with E-state index < -0.39 is 0 Å². The third-order valence-corrected chi connectivity index (χ3v) is 2.74. The summed E-state index contributed by atoms with van der Waals surface area (Å²) < 4.78 is 0. The zero-order chi connectivity index (χ0) is 10.6. The Bertz CT molecular complexity index is 320. The molecule has 2 heteroatoms. The summed E-state index contributed by atoms with van der Waals surface area (Å²) >= 11 is 11.7. The van der Waals surface area contributed by atoms with Crippen LogP contribution in [0.5, 0.6) is 0 Å². The van der Waals surface area contributed by atoms with E-state index in [1.165, 1.54) is 16.7 Å². The van der Waals surface area contributed by atoms with Crippen LogP contribution in [0.4, 0.5) is 0 Å². The Morgan fingerprint density at radius 1 is 1.43 bits per heavy atom. The predicted octanol–water partition coefficient (Wildman–Crippen LogP) is 4.38. The standard InChI is InChI=1S/C12H14Cl2/c1-9(6-7-13)8-11-10(2)4-3-5-12(11)14/h3-6H,7-8H2,1-2H3/b9-6-. The largest absolute Gasteiger partial charge is 0.122 e. The Balaban J connectivity index is 2.91. The van der Waals surface area contributed by atoms with Crippen LogP contribution in [0.3, 0.4) is 0 Å². The van der Waals surface area contributed by atoms with Gasteiger partial charge in [-0.05, 0) is 37.5 Å². The van der Waals surface area contributed by atoms with Crippen LogP contribution in [0.25, 0.3) is 0 Å². The van der Waals surface area contributed by atoms with Gasteiger partial charge in [-0.25, -0.2) is 0 Å². The van der Waals surface area contributed by atoms with Gasteiger partial charge in [-0.15, -0.1) is 11.6 Å². The molecule has 0 heterocycles. The van der Waals surface area contributed by atoms with Crippen molar-refractivity contribution in [1.29, 1.82) is 0 Å². The zero-order valence-corrected chi connectivity index (χ0v) is 9.99. The highest BCUT2D eigenvalue weighted by atomic mass is 35.5. The fraction of sp³-hybridized carbons (Fsp3) is 0.333. The second kappa shape index (κ2) is 5.43. The lowest BCUT2D eigenvalue weighted by molar-refractivity contribution is 1.11. The van der Waals surface area contributed by atoms with E-state index in [0.29, 0.717) is 5.88 Å². The number of rotatable bonds is 3. The lowest BCUT2D eigenvalue weighted by Crippen LogP contribution is -1.92. The summed E-state index contributed by atoms with van der Waals surface area (Å²) in [7, 11) is 0. The van der Waals surface area contributed by atoms with Crippen LogP contribution >= 0.6 is 23.2 Å². The number of hydrogen-bond acceptors (Lipinski definition) is 0. The van der Waals surface area contributed by atoms with Gasteiger partial charge in [-0.3, -0.25) is 0 Å². The zero-order valence-electron chi connectivity index (χ0n) is 8.48. The van der Waals surface area contributed by atoms with Crippen molar-refractivity contribution in [1.82, 2.24) is 0 Å². The molecule has 0 aromatic heterocycles. The van der Waals surface area contributed by atoms with Crippen LogP contribution in [0, 0.1) is 6.92 Å². The Morgan fingerprint density at radius 2 is 2.14 bits per heavy atom. The summed E-state index contributed by atoms with van der Waals surface area (Å²) in [6.07, 6.45) is 2.91. The van der Waals surface area contributed by atoms with E-state index in [1.807, 2.05) is 18.2 Å². The van der Waals surface area contributed by atoms with Gasteiger partial charge in [0.25, 0.3) is 0 Å². The fourth-order valence-electron chi connectivity index (χ4n) is 1.37. The second-order valence-corrected chi connectivity index (χ2v) is 4.13. The van der Waals surface area contributed by atoms with E-state index in [4.69, 9.17) is 23.2 Å². The predicted molar refractivity (Wildman–Crippen MR) is 64.4 cm³/mol. The lowest BCUT2D eigenvalue weighted by Gasteiger charge is -2.08. The van der Waals surface area contributed by atoms with E-state index >= 15 is 0 Å². The molecule has 0 unspecified atom stereocenters. The molecule has 0 saturated heterocycles. The summed E-state index contributed by atoms with van der Waals surface area (Å²) in [5, 5.41) is 0.840. The summed E-state index contributed by atoms with van der Waals surface area (Å²) in [6.45, 7) is 4.15. The van der Waals surface area contributed by atoms with Crippen molar-refractivity contribution >= 4 is 23.2 Å². The van der Waals surface area contributed by atoms with Gasteiger partial charge in [0.15, 0.2) is 0 Å². The molecule has 0 amide bonds. The van der Waals surface area contributed by atoms with E-state index in [2.05, 4.69) is 19.9 Å². The molecular formula is C12H14Cl2. The maximum Gasteiger partial charge on any atom is 0.0443 e. The van der Waals surface area contributed by atoms with E-state index in [9.17, 15) is 0 Å². The Kier molecular flexibility index (Phi) is 4.50. The fourth-order valence-corrected chi connectivity index (χ4v) is 1.93. The molecule has 0 nitrogen and oxygen atoms in total. The van der Waals surface area contributed by atoms with Crippen LogP contribution < -0.4 is 0 Å². The van der Waals surface area contributed by atoms with Crippen LogP contribution in [-0.4, -0.2) is 5.88 Å². The topological polar surface area (TPSA) is 0 Å². The van der Waals surface area contributed by atoms with Crippen LogP contribution in [0.1, 0.15) is 18.1 Å². The number of hydrogen-bond donors (Lipinski definition) is 0. The van der Waals surface area contributed by atoms with Crippen molar-refractivity contribution in [2.24, 2.45) is 0 Å². The van der Waals surface area contributed by atoms with Crippen molar-refractivity contribution in [3.8, 4) is 0 Å². The SMILES string of the molecule is C/C(=C/CCl)Cc1c(C)cccc1Cl. The lowest BCUT2D eigenvalue weighted by atomic mass is 10.0. The molecule has 0 aliphatic heterocycles. The molecule has 76 valence electrons. The molecule has 1 aromatic rings. The van der Waals surface area contributed by atoms with Gasteiger partial charge in [-0.2, -0.15) is 0 Å². The third kappa shape index (κ3) is 3.04. The Labute approximate surface area is 95.5 Å². The third-order valence-electron chi connectivity index (χ3n) is 2.23. The van der Waals surface area contributed by atoms with E-state index in [1.54, 1.807) is 0 Å². The minimum atomic E-state index is 0.565. The molecule has 1 rings (SSSR count). The van der Waals surface area contributed by atoms with E-state index in [-0.39, 0.29) is 0 Å². The van der Waals surface area contributed by atoms with Gasteiger partial charge in [0.05, 0.1) is 0 Å². The van der Waals surface area contributed by atoms with Gasteiger partial charge in [0.1, 0.15) is 0 Å². The van der Waals surface area contributed by atoms with Gasteiger partial charge in [-0.1, -0.05) is 35.4 Å². The average molecular weight is 229 g/mol. The maximum absolute atomic E-state index is 6.11. The second-order valence-electron chi connectivity index (χ2n) is 3.42. The number of benzene rings is 1. The summed E-state index contributed by atoms with van der Waals surface area (Å²) in [5.74, 6) is 0.565. The quantitative estimate of drug-likeness (QED) is 0.533. The van der Waals surface area contributed by atoms with Crippen molar-refractivity contribution in [2.45, 2.75) is 20.3 Å². The minimum absolute atomic E-state index is 0.565. The Morgan fingerprint density at radius 3 is 2.71 bits per heavy atom. The van der Waals surface area contributed by atoms with Crippen LogP contribution in [0.15, 0.2) is 29.8 Å². The highest BCUT2D eigenvalue weighted by Crippen LogP contribution is 2.22. The van der Waals surface area contributed by atoms with Crippen LogP contribution in [-0.2, 0) is 6.42 Å². The van der Waals surface area contributed by atoms with Crippen molar-refractivity contribution < 1.29 is 0 Å². The molecule has 0 saturated carbocycles. The molecular weight excluding hydrogens is 215 g/mol. The highest BCUT2D eigenvalue weighted by Gasteiger charge is 2.03. The van der Waals surface area contributed by atoms with E-state index in [0.717, 1.165) is 11.4 Å². The molecule has 0 radical (unpaired) electrons. The maximum atomic E-state index is 6.11. The molecule has 0 aliphatic carbocycles. The molecule has 0 bridgehead atoms. The smallest absolute Gasteiger partial charge is 0.0443 e. The van der Waals surface area contributed by atoms with Crippen molar-refractivity contribution in [3.63, 3.8) is 0 Å². The number of allylic oxidation sites excluding steroid dienone is 2. The van der Waals surface area contributed by atoms with Gasteiger partial charge < -0.3 is 0 Å². The molecule has 0 fully saturated rings. The van der Waals surface area contributed by atoms with Gasteiger partial charge in [0.2, 0.25) is 0 Å². The number of alkyl halides is 1. The molecule has 0 atom stereocenters. The summed E-state index contributed by atoms with van der Waals surface area (Å²) in [5.41, 5.74) is 3.70. The normalized spacial score (nSPS) is 11.9. The van der Waals surface area contributed by atoms with Crippen molar-refractivity contribution in [2.75, 3.05) is 5.88 Å². The minimum Gasteiger partial charge on any atom is -0.122 e. The molecule has 0 N–H and O–H groups in total. The number of aryl methyl sites for hydroxylation is 1. The first-order valence-corrected chi connectivity index (χ1v) is 5.52. The number of halogens is 2. The first-order chi connectivity index (χ1) is 6.65. The first-order valence-electron chi connectivity index (χ1n) is 4.60. The molecule has 0 spiro atoms. The van der Waals surface area contributed by atoms with Gasteiger partial charge >= 0.3 is 0 Å². The summed E-state index contributed by atoms with van der Waals surface area (Å²) in [4.78, 5) is 0. The first kappa shape index (κ1) is 11.6. The van der Waals surface area contributed by atoms with Crippen molar-refractivity contribution in [3.05, 3.63) is 46.0 Å². The monoisotopic (exact) mass is 228 g/mol. The average Bonchev–Trinajstić information content (AvgIpc) is 2.12. The molecule has 1 aromatic carbocycles. The molecule has 14 heavy (non-hydrogen) atoms. The molecule has 0 aliphatic rings. The Hall–Kier alpha value is -0.460. The van der Waals surface area contributed by atoms with Crippen LogP contribution in [0.2, 0.25) is 5.02 Å². The summed E-state index contributed by atoms with van der Waals surface area (Å²) in [6, 6.07) is 5.98. The van der Waals surface area contributed by atoms with Gasteiger partial charge in [0, 0.05) is 10.9 Å².